The van der Waals surface area contributed by atoms with E-state index < -0.39 is 12.1 Å². The first-order valence-electron chi connectivity index (χ1n) is 7.84. The molecule has 1 N–H and O–H groups in total. The minimum atomic E-state index is -0.908. The Morgan fingerprint density at radius 3 is 2.91 bits per heavy atom. The number of hydrogen-bond acceptors (Lipinski definition) is 4. The van der Waals surface area contributed by atoms with E-state index in [0.717, 1.165) is 17.5 Å². The fraction of sp³-hybridized carbons (Fsp3) is 0.529. The number of methoxy groups -OCH3 is 1. The number of likely N-dealkylation sites (tertiary alicyclic amines) is 1. The first kappa shape index (κ1) is 16.0. The number of benzene rings is 1. The van der Waals surface area contributed by atoms with E-state index >= 15 is 0 Å². The molecule has 2 heterocycles. The number of fused-ring (bicyclic) bond motifs is 1. The number of carbonyl (C=O) groups is 2. The van der Waals surface area contributed by atoms with Crippen molar-refractivity contribution in [3.63, 3.8) is 0 Å². The van der Waals surface area contributed by atoms with Crippen molar-refractivity contribution in [2.75, 3.05) is 20.3 Å². The third-order valence-electron chi connectivity index (χ3n) is 4.62. The van der Waals surface area contributed by atoms with Crippen LogP contribution in [-0.2, 0) is 25.5 Å². The van der Waals surface area contributed by atoms with Gasteiger partial charge in [-0.3, -0.25) is 9.59 Å². The number of aliphatic carboxylic acids is 1. The number of carboxylic acids is 1. The van der Waals surface area contributed by atoms with E-state index in [1.54, 1.807) is 12.0 Å². The van der Waals surface area contributed by atoms with Crippen LogP contribution in [0.25, 0.3) is 0 Å². The Bertz CT molecular complexity index is 602. The lowest BCUT2D eigenvalue weighted by Crippen LogP contribution is -2.42. The number of amides is 1. The Labute approximate surface area is 135 Å². The molecule has 0 spiro atoms. The SMILES string of the molecule is COC1CC(CC(=O)O)N(C(=O)C2OCCc3ccccc32)C1. The first-order chi connectivity index (χ1) is 11.1. The van der Waals surface area contributed by atoms with Crippen molar-refractivity contribution in [3.8, 4) is 0 Å². The highest BCUT2D eigenvalue weighted by molar-refractivity contribution is 5.84. The normalized spacial score (nSPS) is 26.8. The second-order valence-electron chi connectivity index (χ2n) is 6.04. The maximum Gasteiger partial charge on any atom is 0.305 e. The van der Waals surface area contributed by atoms with Gasteiger partial charge in [-0.05, 0) is 24.0 Å². The van der Waals surface area contributed by atoms with Crippen LogP contribution in [-0.4, -0.2) is 54.3 Å². The summed E-state index contributed by atoms with van der Waals surface area (Å²) in [6.07, 6.45) is 0.496. The van der Waals surface area contributed by atoms with Gasteiger partial charge in [0.05, 0.1) is 19.1 Å². The molecule has 1 fully saturated rings. The van der Waals surface area contributed by atoms with Gasteiger partial charge in [0, 0.05) is 19.7 Å². The molecule has 6 heteroatoms. The van der Waals surface area contributed by atoms with E-state index in [0.29, 0.717) is 19.6 Å². The van der Waals surface area contributed by atoms with E-state index in [1.807, 2.05) is 24.3 Å². The molecule has 0 aliphatic carbocycles. The van der Waals surface area contributed by atoms with Gasteiger partial charge in [0.15, 0.2) is 6.10 Å². The summed E-state index contributed by atoms with van der Waals surface area (Å²) in [6, 6.07) is 7.42. The van der Waals surface area contributed by atoms with Crippen LogP contribution in [0.3, 0.4) is 0 Å². The fourth-order valence-corrected chi connectivity index (χ4v) is 3.46. The summed E-state index contributed by atoms with van der Waals surface area (Å²) in [7, 11) is 1.59. The lowest BCUT2D eigenvalue weighted by Gasteiger charge is -2.31. The average molecular weight is 319 g/mol. The van der Waals surface area contributed by atoms with Crippen LogP contribution in [0.5, 0.6) is 0 Å². The monoisotopic (exact) mass is 319 g/mol. The predicted octanol–water partition coefficient (Wildman–Crippen LogP) is 1.39. The van der Waals surface area contributed by atoms with Crippen LogP contribution in [0.15, 0.2) is 24.3 Å². The number of nitrogens with zero attached hydrogens (tertiary/aromatic N) is 1. The number of rotatable bonds is 4. The molecular weight excluding hydrogens is 298 g/mol. The third kappa shape index (κ3) is 3.23. The molecule has 1 amide bonds. The largest absolute Gasteiger partial charge is 0.481 e. The average Bonchev–Trinajstić information content (AvgIpc) is 2.96. The van der Waals surface area contributed by atoms with E-state index in [2.05, 4.69) is 0 Å². The van der Waals surface area contributed by atoms with Crippen LogP contribution in [0, 0.1) is 0 Å². The number of carbonyl (C=O) groups excluding carboxylic acids is 1. The van der Waals surface area contributed by atoms with Crippen LogP contribution in [0.4, 0.5) is 0 Å². The second kappa shape index (κ2) is 6.68. The molecule has 0 aromatic heterocycles. The summed E-state index contributed by atoms with van der Waals surface area (Å²) in [6.45, 7) is 0.911. The minimum absolute atomic E-state index is 0.0695. The van der Waals surface area contributed by atoms with Crippen molar-refractivity contribution in [1.29, 1.82) is 0 Å². The zero-order valence-corrected chi connectivity index (χ0v) is 13.1. The Balaban J connectivity index is 1.83. The van der Waals surface area contributed by atoms with Crippen molar-refractivity contribution in [3.05, 3.63) is 35.4 Å². The molecule has 0 radical (unpaired) electrons. The number of ether oxygens (including phenoxy) is 2. The summed E-state index contributed by atoms with van der Waals surface area (Å²) in [5, 5.41) is 9.09. The Morgan fingerprint density at radius 2 is 2.17 bits per heavy atom. The highest BCUT2D eigenvalue weighted by Gasteiger charge is 2.40. The molecule has 1 saturated heterocycles. The molecule has 3 atom stereocenters. The Kier molecular flexibility index (Phi) is 4.63. The maximum absolute atomic E-state index is 13.0. The third-order valence-corrected chi connectivity index (χ3v) is 4.62. The molecule has 1 aromatic carbocycles. The van der Waals surface area contributed by atoms with E-state index in [4.69, 9.17) is 14.6 Å². The van der Waals surface area contributed by atoms with Crippen molar-refractivity contribution in [2.45, 2.75) is 37.5 Å². The van der Waals surface area contributed by atoms with E-state index in [-0.39, 0.29) is 24.5 Å². The fourth-order valence-electron chi connectivity index (χ4n) is 3.46. The lowest BCUT2D eigenvalue weighted by atomic mass is 9.96. The van der Waals surface area contributed by atoms with Gasteiger partial charge in [-0.25, -0.2) is 0 Å². The van der Waals surface area contributed by atoms with E-state index in [1.165, 1.54) is 0 Å². The minimum Gasteiger partial charge on any atom is -0.481 e. The lowest BCUT2D eigenvalue weighted by molar-refractivity contribution is -0.148. The predicted molar refractivity (Wildman–Crippen MR) is 82.0 cm³/mol. The molecule has 3 unspecified atom stereocenters. The first-order valence-corrected chi connectivity index (χ1v) is 7.84. The summed E-state index contributed by atoms with van der Waals surface area (Å²) in [4.78, 5) is 25.7. The quantitative estimate of drug-likeness (QED) is 0.907. The molecule has 3 rings (SSSR count). The van der Waals surface area contributed by atoms with Crippen molar-refractivity contribution >= 4 is 11.9 Å². The molecule has 23 heavy (non-hydrogen) atoms. The molecule has 2 aliphatic heterocycles. The van der Waals surface area contributed by atoms with Gasteiger partial charge >= 0.3 is 5.97 Å². The molecule has 1 aromatic rings. The molecule has 0 bridgehead atoms. The molecular formula is C17H21NO5. The summed E-state index contributed by atoms with van der Waals surface area (Å²) in [5.41, 5.74) is 2.01. The van der Waals surface area contributed by atoms with Gasteiger partial charge in [0.25, 0.3) is 5.91 Å². The molecule has 0 saturated carbocycles. The highest BCUT2D eigenvalue weighted by Crippen LogP contribution is 2.32. The van der Waals surface area contributed by atoms with Crippen molar-refractivity contribution in [2.24, 2.45) is 0 Å². The van der Waals surface area contributed by atoms with Crippen LogP contribution >= 0.6 is 0 Å². The van der Waals surface area contributed by atoms with Gasteiger partial charge < -0.3 is 19.5 Å². The molecule has 6 nitrogen and oxygen atoms in total. The number of carboxylic acid groups (broad SMARTS) is 1. The number of hydrogen-bond donors (Lipinski definition) is 1. The topological polar surface area (TPSA) is 76.1 Å². The van der Waals surface area contributed by atoms with Crippen LogP contribution in [0.2, 0.25) is 0 Å². The maximum atomic E-state index is 13.0. The van der Waals surface area contributed by atoms with Gasteiger partial charge in [0.2, 0.25) is 0 Å². The summed E-state index contributed by atoms with van der Waals surface area (Å²) < 4.78 is 11.1. The zero-order valence-electron chi connectivity index (χ0n) is 13.1. The second-order valence-corrected chi connectivity index (χ2v) is 6.04. The van der Waals surface area contributed by atoms with Gasteiger partial charge in [-0.2, -0.15) is 0 Å². The highest BCUT2D eigenvalue weighted by atomic mass is 16.5. The summed E-state index contributed by atoms with van der Waals surface area (Å²) in [5.74, 6) is -1.07. The Morgan fingerprint density at radius 1 is 1.39 bits per heavy atom. The van der Waals surface area contributed by atoms with Crippen LogP contribution < -0.4 is 0 Å². The van der Waals surface area contributed by atoms with Crippen molar-refractivity contribution in [1.82, 2.24) is 4.90 Å². The smallest absolute Gasteiger partial charge is 0.305 e. The van der Waals surface area contributed by atoms with Crippen LogP contribution in [0.1, 0.15) is 30.1 Å². The van der Waals surface area contributed by atoms with Gasteiger partial charge in [-0.15, -0.1) is 0 Å². The standard InChI is InChI=1S/C17H21NO5/c1-22-13-8-12(9-15(19)20)18(10-13)17(21)16-14-5-3-2-4-11(14)6-7-23-16/h2-5,12-13,16H,6-10H2,1H3,(H,19,20). The van der Waals surface area contributed by atoms with Crippen molar-refractivity contribution < 1.29 is 24.2 Å². The Hall–Kier alpha value is -1.92. The van der Waals surface area contributed by atoms with Gasteiger partial charge in [-0.1, -0.05) is 24.3 Å². The zero-order chi connectivity index (χ0) is 16.4. The molecule has 124 valence electrons. The summed E-state index contributed by atoms with van der Waals surface area (Å²) >= 11 is 0. The van der Waals surface area contributed by atoms with Gasteiger partial charge in [0.1, 0.15) is 0 Å². The molecule has 2 aliphatic rings. The van der Waals surface area contributed by atoms with E-state index in [9.17, 15) is 9.59 Å².